The molecule has 0 atom stereocenters. The Bertz CT molecular complexity index is 546. The lowest BCUT2D eigenvalue weighted by Crippen LogP contribution is -2.57. The van der Waals surface area contributed by atoms with E-state index in [1.807, 2.05) is 20.8 Å². The summed E-state index contributed by atoms with van der Waals surface area (Å²) in [5.41, 5.74) is 0.492. The van der Waals surface area contributed by atoms with Gasteiger partial charge in [-0.25, -0.2) is 9.78 Å². The topological polar surface area (TPSA) is 56.7 Å². The van der Waals surface area contributed by atoms with Crippen LogP contribution in [0.4, 0.5) is 5.13 Å². The zero-order valence-electron chi connectivity index (χ0n) is 13.7. The third-order valence-electron chi connectivity index (χ3n) is 4.11. The van der Waals surface area contributed by atoms with Gasteiger partial charge in [-0.1, -0.05) is 32.1 Å². The molecule has 0 saturated carbocycles. The number of hydrogen-bond donors (Lipinski definition) is 1. The summed E-state index contributed by atoms with van der Waals surface area (Å²) < 4.78 is 0. The van der Waals surface area contributed by atoms with Crippen molar-refractivity contribution in [2.75, 3.05) is 31.6 Å². The van der Waals surface area contributed by atoms with Crippen LogP contribution in [-0.2, 0) is 5.41 Å². The predicted molar refractivity (Wildman–Crippen MR) is 86.7 cm³/mol. The molecule has 5 nitrogen and oxygen atoms in total. The molecule has 1 aromatic heterocycles. The fourth-order valence-electron chi connectivity index (χ4n) is 2.50. The molecule has 0 radical (unpaired) electrons. The van der Waals surface area contributed by atoms with E-state index < -0.39 is 5.97 Å². The summed E-state index contributed by atoms with van der Waals surface area (Å²) >= 11 is 1.30. The quantitative estimate of drug-likeness (QED) is 0.910. The van der Waals surface area contributed by atoms with E-state index in [9.17, 15) is 9.90 Å². The molecule has 6 heteroatoms. The summed E-state index contributed by atoms with van der Waals surface area (Å²) in [6, 6.07) is 0. The second kappa shape index (κ2) is 5.25. The maximum atomic E-state index is 11.5. The van der Waals surface area contributed by atoms with Crippen LogP contribution in [0.5, 0.6) is 0 Å². The molecule has 1 N–H and O–H groups in total. The molecule has 1 aliphatic rings. The molecule has 1 saturated heterocycles. The summed E-state index contributed by atoms with van der Waals surface area (Å²) in [5, 5.41) is 10.3. The van der Waals surface area contributed by atoms with Crippen LogP contribution in [0.3, 0.4) is 0 Å². The number of carboxylic acids is 1. The number of carbonyl (C=O) groups is 1. The van der Waals surface area contributed by atoms with Crippen molar-refractivity contribution in [2.24, 2.45) is 0 Å². The van der Waals surface area contributed by atoms with Gasteiger partial charge in [0.2, 0.25) is 0 Å². The first kappa shape index (κ1) is 16.2. The molecule has 1 fully saturated rings. The van der Waals surface area contributed by atoms with Gasteiger partial charge in [0, 0.05) is 30.6 Å². The molecule has 0 amide bonds. The number of aromatic nitrogens is 1. The number of aromatic carboxylic acids is 1. The van der Waals surface area contributed by atoms with E-state index in [0.29, 0.717) is 10.6 Å². The predicted octanol–water partition coefficient (Wildman–Crippen LogP) is 2.67. The van der Waals surface area contributed by atoms with E-state index in [-0.39, 0.29) is 11.0 Å². The fraction of sp³-hybridized carbons (Fsp3) is 0.733. The highest BCUT2D eigenvalue weighted by atomic mass is 32.1. The lowest BCUT2D eigenvalue weighted by Gasteiger charge is -2.45. The van der Waals surface area contributed by atoms with Crippen LogP contribution in [0.25, 0.3) is 0 Å². The lowest BCUT2D eigenvalue weighted by atomic mass is 9.91. The number of anilines is 1. The smallest absolute Gasteiger partial charge is 0.347 e. The van der Waals surface area contributed by atoms with Crippen LogP contribution >= 0.6 is 11.3 Å². The van der Waals surface area contributed by atoms with Crippen molar-refractivity contribution in [3.63, 3.8) is 0 Å². The lowest BCUT2D eigenvalue weighted by molar-refractivity contribution is 0.0699. The highest BCUT2D eigenvalue weighted by molar-refractivity contribution is 7.17. The van der Waals surface area contributed by atoms with Crippen molar-refractivity contribution in [3.05, 3.63) is 10.6 Å². The van der Waals surface area contributed by atoms with E-state index >= 15 is 0 Å². The van der Waals surface area contributed by atoms with E-state index in [2.05, 4.69) is 35.7 Å². The maximum absolute atomic E-state index is 11.5. The average molecular weight is 311 g/mol. The van der Waals surface area contributed by atoms with Crippen molar-refractivity contribution in [2.45, 2.75) is 45.6 Å². The van der Waals surface area contributed by atoms with Crippen molar-refractivity contribution in [3.8, 4) is 0 Å². The standard InChI is InChI=1S/C15H25N3O2S/c1-14(2,3)11-10(12(19)20)21-13(16-11)18-8-7-17(6)15(4,5)9-18/h7-9H2,1-6H3,(H,19,20). The van der Waals surface area contributed by atoms with E-state index in [4.69, 9.17) is 0 Å². The van der Waals surface area contributed by atoms with Gasteiger partial charge in [0.25, 0.3) is 0 Å². The Kier molecular flexibility index (Phi) is 4.06. The Hall–Kier alpha value is -1.14. The molecule has 0 aliphatic carbocycles. The molecular weight excluding hydrogens is 286 g/mol. The van der Waals surface area contributed by atoms with Gasteiger partial charge in [-0.3, -0.25) is 4.90 Å². The van der Waals surface area contributed by atoms with Gasteiger partial charge in [-0.2, -0.15) is 0 Å². The van der Waals surface area contributed by atoms with Crippen LogP contribution in [0, 0.1) is 0 Å². The molecule has 0 spiro atoms. The minimum absolute atomic E-state index is 0.0647. The molecule has 2 rings (SSSR count). The second-order valence-corrected chi connectivity index (χ2v) is 8.36. The minimum Gasteiger partial charge on any atom is -0.477 e. The normalized spacial score (nSPS) is 19.8. The zero-order chi connectivity index (χ0) is 16.0. The Labute approximate surface area is 130 Å². The summed E-state index contributed by atoms with van der Waals surface area (Å²) in [6.07, 6.45) is 0. The first-order valence-corrected chi connectivity index (χ1v) is 8.05. The van der Waals surface area contributed by atoms with Gasteiger partial charge in [0.1, 0.15) is 4.88 Å². The van der Waals surface area contributed by atoms with Crippen molar-refractivity contribution in [1.29, 1.82) is 0 Å². The molecule has 2 heterocycles. The van der Waals surface area contributed by atoms with E-state index in [1.165, 1.54) is 11.3 Å². The second-order valence-electron chi connectivity index (χ2n) is 7.38. The first-order chi connectivity index (χ1) is 9.52. The minimum atomic E-state index is -0.878. The summed E-state index contributed by atoms with van der Waals surface area (Å²) in [7, 11) is 2.13. The van der Waals surface area contributed by atoms with Crippen molar-refractivity contribution in [1.82, 2.24) is 9.88 Å². The maximum Gasteiger partial charge on any atom is 0.347 e. The summed E-state index contributed by atoms with van der Waals surface area (Å²) in [4.78, 5) is 21.1. The van der Waals surface area contributed by atoms with Crippen LogP contribution in [-0.4, -0.2) is 53.2 Å². The number of thiazole rings is 1. The first-order valence-electron chi connectivity index (χ1n) is 7.23. The van der Waals surface area contributed by atoms with Crippen molar-refractivity contribution >= 4 is 22.4 Å². The Morgan fingerprint density at radius 3 is 2.38 bits per heavy atom. The number of piperazine rings is 1. The van der Waals surface area contributed by atoms with Crippen LogP contribution < -0.4 is 4.90 Å². The van der Waals surface area contributed by atoms with Gasteiger partial charge in [-0.05, 0) is 20.9 Å². The van der Waals surface area contributed by atoms with Gasteiger partial charge >= 0.3 is 5.97 Å². The molecule has 0 aromatic carbocycles. The highest BCUT2D eigenvalue weighted by Crippen LogP contribution is 2.35. The molecule has 0 unspecified atom stereocenters. The third-order valence-corrected chi connectivity index (χ3v) is 5.21. The van der Waals surface area contributed by atoms with Crippen LogP contribution in [0.2, 0.25) is 0 Å². The van der Waals surface area contributed by atoms with Gasteiger partial charge in [0.05, 0.1) is 5.69 Å². The summed E-state index contributed by atoms with van der Waals surface area (Å²) in [6.45, 7) is 13.1. The molecular formula is C15H25N3O2S. The van der Waals surface area contributed by atoms with Crippen molar-refractivity contribution < 1.29 is 9.90 Å². The molecule has 1 aliphatic heterocycles. The summed E-state index contributed by atoms with van der Waals surface area (Å²) in [5.74, 6) is -0.878. The van der Waals surface area contributed by atoms with Crippen LogP contribution in [0.15, 0.2) is 0 Å². The number of likely N-dealkylation sites (N-methyl/N-ethyl adjacent to an activating group) is 1. The van der Waals surface area contributed by atoms with Gasteiger partial charge in [0.15, 0.2) is 5.13 Å². The Morgan fingerprint density at radius 1 is 1.33 bits per heavy atom. The van der Waals surface area contributed by atoms with Gasteiger partial charge in [-0.15, -0.1) is 0 Å². The largest absolute Gasteiger partial charge is 0.477 e. The number of rotatable bonds is 2. The Balaban J connectivity index is 2.36. The third kappa shape index (κ3) is 3.21. The zero-order valence-corrected chi connectivity index (χ0v) is 14.5. The molecule has 118 valence electrons. The van der Waals surface area contributed by atoms with Gasteiger partial charge < -0.3 is 10.0 Å². The van der Waals surface area contributed by atoms with E-state index in [1.54, 1.807) is 0 Å². The van der Waals surface area contributed by atoms with E-state index in [0.717, 1.165) is 24.8 Å². The fourth-order valence-corrected chi connectivity index (χ4v) is 3.64. The monoisotopic (exact) mass is 311 g/mol. The molecule has 1 aromatic rings. The number of carboxylic acid groups (broad SMARTS) is 1. The molecule has 21 heavy (non-hydrogen) atoms. The van der Waals surface area contributed by atoms with Crippen LogP contribution in [0.1, 0.15) is 50.0 Å². The Morgan fingerprint density at radius 2 is 1.95 bits per heavy atom. The molecule has 0 bridgehead atoms. The number of nitrogens with zero attached hydrogens (tertiary/aromatic N) is 3. The average Bonchev–Trinajstić information content (AvgIpc) is 2.77. The highest BCUT2D eigenvalue weighted by Gasteiger charge is 2.34. The number of hydrogen-bond acceptors (Lipinski definition) is 5. The SMILES string of the molecule is CN1CCN(c2nc(C(C)(C)C)c(C(=O)O)s2)CC1(C)C.